The molecule has 0 spiro atoms. The zero-order chi connectivity index (χ0) is 22.6. The molecule has 1 atom stereocenters. The fourth-order valence-electron chi connectivity index (χ4n) is 2.86. The van der Waals surface area contributed by atoms with Crippen LogP contribution in [0.2, 0.25) is 0 Å². The van der Waals surface area contributed by atoms with Crippen molar-refractivity contribution in [1.29, 1.82) is 0 Å². The molecule has 0 radical (unpaired) electrons. The number of sulfonamides is 1. The lowest BCUT2D eigenvalue weighted by Crippen LogP contribution is -2.30. The SMILES string of the molecule is CCN(CC)S(=O)(=O)c1ccc(C(=O)O[C@@H](C)c2nnc(-c3ccc(F)cc3)o2)cc1. The molecule has 8 nitrogen and oxygen atoms in total. The first kappa shape index (κ1) is 22.6. The van der Waals surface area contributed by atoms with E-state index in [1.165, 1.54) is 52.8 Å². The average Bonchev–Trinajstić information content (AvgIpc) is 3.25. The topological polar surface area (TPSA) is 103 Å². The molecule has 164 valence electrons. The molecule has 3 rings (SSSR count). The van der Waals surface area contributed by atoms with Crippen molar-refractivity contribution in [2.75, 3.05) is 13.1 Å². The Morgan fingerprint density at radius 1 is 1.06 bits per heavy atom. The zero-order valence-corrected chi connectivity index (χ0v) is 18.1. The van der Waals surface area contributed by atoms with Gasteiger partial charge in [-0.25, -0.2) is 17.6 Å². The summed E-state index contributed by atoms with van der Waals surface area (Å²) >= 11 is 0. The van der Waals surface area contributed by atoms with Gasteiger partial charge in [-0.1, -0.05) is 13.8 Å². The number of halogens is 1. The van der Waals surface area contributed by atoms with Crippen molar-refractivity contribution in [3.63, 3.8) is 0 Å². The van der Waals surface area contributed by atoms with E-state index in [4.69, 9.17) is 9.15 Å². The van der Waals surface area contributed by atoms with Gasteiger partial charge in [0.05, 0.1) is 10.5 Å². The first-order valence-corrected chi connectivity index (χ1v) is 11.1. The molecule has 0 amide bonds. The first-order valence-electron chi connectivity index (χ1n) is 9.66. The maximum Gasteiger partial charge on any atom is 0.338 e. The van der Waals surface area contributed by atoms with Crippen LogP contribution < -0.4 is 0 Å². The molecule has 0 fully saturated rings. The molecule has 1 heterocycles. The summed E-state index contributed by atoms with van der Waals surface area (Å²) in [4.78, 5) is 12.5. The fraction of sp³-hybridized carbons (Fsp3) is 0.286. The van der Waals surface area contributed by atoms with Gasteiger partial charge in [0, 0.05) is 18.7 Å². The van der Waals surface area contributed by atoms with Gasteiger partial charge < -0.3 is 9.15 Å². The third kappa shape index (κ3) is 4.97. The predicted molar refractivity (Wildman–Crippen MR) is 110 cm³/mol. The summed E-state index contributed by atoms with van der Waals surface area (Å²) < 4.78 is 50.3. The van der Waals surface area contributed by atoms with Gasteiger partial charge in [0.2, 0.25) is 15.9 Å². The van der Waals surface area contributed by atoms with Crippen molar-refractivity contribution in [1.82, 2.24) is 14.5 Å². The molecule has 0 aliphatic heterocycles. The zero-order valence-electron chi connectivity index (χ0n) is 17.3. The Morgan fingerprint density at radius 2 is 1.68 bits per heavy atom. The molecular weight excluding hydrogens is 425 g/mol. The molecule has 0 aliphatic carbocycles. The lowest BCUT2D eigenvalue weighted by atomic mass is 10.2. The van der Waals surface area contributed by atoms with Crippen molar-refractivity contribution in [3.8, 4) is 11.5 Å². The van der Waals surface area contributed by atoms with Gasteiger partial charge >= 0.3 is 5.97 Å². The molecule has 0 saturated heterocycles. The summed E-state index contributed by atoms with van der Waals surface area (Å²) in [6.45, 7) is 5.79. The molecule has 0 saturated carbocycles. The second-order valence-electron chi connectivity index (χ2n) is 6.61. The Hall–Kier alpha value is -3.11. The first-order chi connectivity index (χ1) is 14.8. The lowest BCUT2D eigenvalue weighted by molar-refractivity contribution is 0.0279. The van der Waals surface area contributed by atoms with Crippen LogP contribution in [-0.2, 0) is 14.8 Å². The summed E-state index contributed by atoms with van der Waals surface area (Å²) in [6.07, 6.45) is -0.840. The molecule has 31 heavy (non-hydrogen) atoms. The number of ether oxygens (including phenoxy) is 1. The molecule has 0 N–H and O–H groups in total. The Kier molecular flexibility index (Phi) is 6.81. The molecular formula is C21H22FN3O5S. The van der Waals surface area contributed by atoms with Crippen LogP contribution in [0.4, 0.5) is 4.39 Å². The monoisotopic (exact) mass is 447 g/mol. The van der Waals surface area contributed by atoms with E-state index in [-0.39, 0.29) is 28.1 Å². The minimum Gasteiger partial charge on any atom is -0.449 e. The fourth-order valence-corrected chi connectivity index (χ4v) is 4.32. The summed E-state index contributed by atoms with van der Waals surface area (Å²) in [6, 6.07) is 11.1. The highest BCUT2D eigenvalue weighted by Crippen LogP contribution is 2.24. The lowest BCUT2D eigenvalue weighted by Gasteiger charge is -2.18. The van der Waals surface area contributed by atoms with Gasteiger partial charge in [-0.2, -0.15) is 4.31 Å². The Bertz CT molecular complexity index is 1140. The largest absolute Gasteiger partial charge is 0.449 e. The second kappa shape index (κ2) is 9.36. The molecule has 0 aliphatic rings. The van der Waals surface area contributed by atoms with Crippen LogP contribution in [0.5, 0.6) is 0 Å². The van der Waals surface area contributed by atoms with E-state index >= 15 is 0 Å². The van der Waals surface area contributed by atoms with Crippen LogP contribution in [0.1, 0.15) is 43.1 Å². The number of carbonyl (C=O) groups excluding carboxylic acids is 1. The van der Waals surface area contributed by atoms with E-state index in [2.05, 4.69) is 10.2 Å². The molecule has 10 heteroatoms. The minimum atomic E-state index is -3.61. The number of esters is 1. The maximum absolute atomic E-state index is 13.0. The van der Waals surface area contributed by atoms with Crippen molar-refractivity contribution in [3.05, 3.63) is 65.8 Å². The van der Waals surface area contributed by atoms with Crippen LogP contribution in [0, 0.1) is 5.82 Å². The van der Waals surface area contributed by atoms with Crippen LogP contribution in [0.25, 0.3) is 11.5 Å². The normalized spacial score (nSPS) is 12.7. The van der Waals surface area contributed by atoms with Gasteiger partial charge in [-0.3, -0.25) is 0 Å². The maximum atomic E-state index is 13.0. The van der Waals surface area contributed by atoms with Gasteiger partial charge in [0.15, 0.2) is 6.10 Å². The standard InChI is InChI=1S/C21H22FN3O5S/c1-4-25(5-2)31(27,28)18-12-8-16(9-13-18)21(26)29-14(3)19-23-24-20(30-19)15-6-10-17(22)11-7-15/h6-14H,4-5H2,1-3H3/t14-/m0/s1. The third-order valence-corrected chi connectivity index (χ3v) is 6.66. The summed E-state index contributed by atoms with van der Waals surface area (Å²) in [5, 5.41) is 7.76. The van der Waals surface area contributed by atoms with Gasteiger partial charge in [0.25, 0.3) is 5.89 Å². The number of hydrogen-bond donors (Lipinski definition) is 0. The highest BCUT2D eigenvalue weighted by atomic mass is 32.2. The van der Waals surface area contributed by atoms with Gasteiger partial charge in [-0.05, 0) is 55.5 Å². The second-order valence-corrected chi connectivity index (χ2v) is 8.55. The highest BCUT2D eigenvalue weighted by Gasteiger charge is 2.23. The predicted octanol–water partition coefficient (Wildman–Crippen LogP) is 3.82. The number of hydrogen-bond acceptors (Lipinski definition) is 7. The summed E-state index contributed by atoms with van der Waals surface area (Å²) in [7, 11) is -3.61. The molecule has 2 aromatic carbocycles. The van der Waals surface area contributed by atoms with Crippen molar-refractivity contribution < 1.29 is 26.8 Å². The van der Waals surface area contributed by atoms with Crippen LogP contribution >= 0.6 is 0 Å². The highest BCUT2D eigenvalue weighted by molar-refractivity contribution is 7.89. The average molecular weight is 447 g/mol. The summed E-state index contributed by atoms with van der Waals surface area (Å²) in [5.74, 6) is -0.806. The number of rotatable bonds is 8. The smallest absolute Gasteiger partial charge is 0.338 e. The Morgan fingerprint density at radius 3 is 2.26 bits per heavy atom. The molecule has 0 bridgehead atoms. The molecule has 1 aromatic heterocycles. The van der Waals surface area contributed by atoms with E-state index in [9.17, 15) is 17.6 Å². The Labute approximate surface area is 179 Å². The van der Waals surface area contributed by atoms with E-state index in [0.717, 1.165) is 0 Å². The Balaban J connectivity index is 1.69. The van der Waals surface area contributed by atoms with E-state index in [1.807, 2.05) is 0 Å². The number of aromatic nitrogens is 2. The van der Waals surface area contributed by atoms with Crippen LogP contribution in [0.3, 0.4) is 0 Å². The van der Waals surface area contributed by atoms with Crippen molar-refractivity contribution in [2.45, 2.75) is 31.8 Å². The van der Waals surface area contributed by atoms with Gasteiger partial charge in [0.1, 0.15) is 5.82 Å². The number of carbonyl (C=O) groups is 1. The third-order valence-electron chi connectivity index (χ3n) is 4.60. The van der Waals surface area contributed by atoms with Crippen molar-refractivity contribution >= 4 is 16.0 Å². The number of benzene rings is 2. The van der Waals surface area contributed by atoms with E-state index < -0.39 is 22.1 Å². The van der Waals surface area contributed by atoms with Gasteiger partial charge in [-0.15, -0.1) is 10.2 Å². The summed E-state index contributed by atoms with van der Waals surface area (Å²) in [5.41, 5.74) is 0.715. The molecule has 0 unspecified atom stereocenters. The molecule has 3 aromatic rings. The van der Waals surface area contributed by atoms with Crippen molar-refractivity contribution in [2.24, 2.45) is 0 Å². The minimum absolute atomic E-state index is 0.0772. The van der Waals surface area contributed by atoms with Crippen LogP contribution in [0.15, 0.2) is 57.8 Å². The number of nitrogens with zero attached hydrogens (tertiary/aromatic N) is 3. The quantitative estimate of drug-likeness (QED) is 0.484. The van der Waals surface area contributed by atoms with E-state index in [1.54, 1.807) is 20.8 Å². The van der Waals surface area contributed by atoms with Crippen LogP contribution in [-0.4, -0.2) is 42.0 Å². The van der Waals surface area contributed by atoms with E-state index in [0.29, 0.717) is 18.7 Å².